The van der Waals surface area contributed by atoms with Gasteiger partial charge in [0.25, 0.3) is 5.91 Å². The summed E-state index contributed by atoms with van der Waals surface area (Å²) >= 11 is 1.60. The van der Waals surface area contributed by atoms with Gasteiger partial charge in [0, 0.05) is 17.1 Å². The summed E-state index contributed by atoms with van der Waals surface area (Å²) in [4.78, 5) is 18.5. The number of nitrogens with zero attached hydrogens (tertiary/aromatic N) is 3. The van der Waals surface area contributed by atoms with E-state index in [1.54, 1.807) is 23.6 Å². The number of allylic oxidation sites excluding steroid dienone is 1. The van der Waals surface area contributed by atoms with E-state index in [4.69, 9.17) is 19.6 Å². The number of para-hydroxylation sites is 1. The summed E-state index contributed by atoms with van der Waals surface area (Å²) in [5.74, 6) is 2.62. The monoisotopic (exact) mass is 521 g/mol. The van der Waals surface area contributed by atoms with Gasteiger partial charge in [0.2, 0.25) is 11.1 Å². The van der Waals surface area contributed by atoms with Crippen molar-refractivity contribution in [2.45, 2.75) is 58.2 Å². The van der Waals surface area contributed by atoms with E-state index in [0.717, 1.165) is 47.5 Å². The van der Waals surface area contributed by atoms with Crippen LogP contribution in [0.5, 0.6) is 11.5 Å². The van der Waals surface area contributed by atoms with Crippen molar-refractivity contribution in [1.29, 1.82) is 0 Å². The first-order valence-electron chi connectivity index (χ1n) is 12.7. The number of thioether (sulfide) groups is 1. The number of aromatic nitrogens is 3. The zero-order valence-corrected chi connectivity index (χ0v) is 22.9. The Morgan fingerprint density at radius 1 is 1.14 bits per heavy atom. The fourth-order valence-electron chi connectivity index (χ4n) is 4.19. The summed E-state index contributed by atoms with van der Waals surface area (Å²) < 4.78 is 13.4. The molecule has 1 aromatic heterocycles. The molecule has 4 rings (SSSR count). The summed E-state index contributed by atoms with van der Waals surface area (Å²) in [6.45, 7) is 8.74. The van der Waals surface area contributed by atoms with Crippen molar-refractivity contribution < 1.29 is 14.3 Å². The Morgan fingerprint density at radius 2 is 1.95 bits per heavy atom. The smallest absolute Gasteiger partial charge is 0.255 e. The van der Waals surface area contributed by atoms with Gasteiger partial charge in [0.05, 0.1) is 19.3 Å². The third-order valence-electron chi connectivity index (χ3n) is 6.17. The third kappa shape index (κ3) is 5.93. The van der Waals surface area contributed by atoms with Crippen LogP contribution in [0.3, 0.4) is 0 Å². The number of methoxy groups -OCH3 is 1. The van der Waals surface area contributed by atoms with Crippen LogP contribution in [0, 0.1) is 6.92 Å². The predicted octanol–water partition coefficient (Wildman–Crippen LogP) is 6.20. The van der Waals surface area contributed by atoms with Gasteiger partial charge >= 0.3 is 0 Å². The molecule has 1 aliphatic heterocycles. The van der Waals surface area contributed by atoms with Gasteiger partial charge in [-0.05, 0) is 56.0 Å². The zero-order chi connectivity index (χ0) is 26.4. The Bertz CT molecular complexity index is 1290. The first kappa shape index (κ1) is 26.6. The van der Waals surface area contributed by atoms with Gasteiger partial charge in [0.15, 0.2) is 11.5 Å². The Balaban J connectivity index is 1.76. The molecule has 0 saturated carbocycles. The summed E-state index contributed by atoms with van der Waals surface area (Å²) in [7, 11) is 1.63. The minimum absolute atomic E-state index is 0.199. The summed E-state index contributed by atoms with van der Waals surface area (Å²) in [5.41, 5.74) is 3.91. The Hall–Kier alpha value is -3.46. The largest absolute Gasteiger partial charge is 0.493 e. The zero-order valence-electron chi connectivity index (χ0n) is 22.1. The highest BCUT2D eigenvalue weighted by molar-refractivity contribution is 7.99. The quantitative estimate of drug-likeness (QED) is 0.229. The molecule has 8 nitrogen and oxygen atoms in total. The maximum Gasteiger partial charge on any atom is 0.255 e. The molecular weight excluding hydrogens is 486 g/mol. The van der Waals surface area contributed by atoms with Crippen LogP contribution in [0.1, 0.15) is 57.2 Å². The molecule has 0 spiro atoms. The molecule has 1 atom stereocenters. The Morgan fingerprint density at radius 3 is 2.68 bits per heavy atom. The number of amides is 1. The number of carbonyl (C=O) groups is 1. The fourth-order valence-corrected chi connectivity index (χ4v) is 4.87. The number of ether oxygens (including phenoxy) is 2. The number of aryl methyl sites for hydroxylation is 1. The van der Waals surface area contributed by atoms with E-state index >= 15 is 0 Å². The number of fused-ring (bicyclic) bond motifs is 1. The highest BCUT2D eigenvalue weighted by Gasteiger charge is 2.35. The van der Waals surface area contributed by atoms with Crippen LogP contribution in [-0.2, 0) is 4.79 Å². The van der Waals surface area contributed by atoms with Gasteiger partial charge in [-0.2, -0.15) is 4.98 Å². The topological polar surface area (TPSA) is 90.3 Å². The second-order valence-corrected chi connectivity index (χ2v) is 10.0. The Kier molecular flexibility index (Phi) is 8.76. The van der Waals surface area contributed by atoms with Crippen LogP contribution >= 0.6 is 11.8 Å². The minimum Gasteiger partial charge on any atom is -0.493 e. The molecule has 0 fully saturated rings. The maximum absolute atomic E-state index is 13.8. The summed E-state index contributed by atoms with van der Waals surface area (Å²) in [6.07, 6.45) is 3.03. The van der Waals surface area contributed by atoms with Crippen LogP contribution in [0.15, 0.2) is 58.9 Å². The molecule has 2 N–H and O–H groups in total. The average Bonchev–Trinajstić information content (AvgIpc) is 3.30. The van der Waals surface area contributed by atoms with Gasteiger partial charge in [-0.3, -0.25) is 4.79 Å². The standard InChI is InChI=1S/C28H35N5O3S/c1-6-8-15-36-22-14-13-20(17-23(22)35-5)25-24(26(34)30-21-12-10-9-11-18(21)3)19(4)29-27-31-28(32-33(25)27)37-16-7-2/h9-14,17,25H,6-8,15-16H2,1-5H3,(H,30,34)(H,29,31,32). The van der Waals surface area contributed by atoms with Crippen LogP contribution in [0.2, 0.25) is 0 Å². The van der Waals surface area contributed by atoms with Crippen LogP contribution < -0.4 is 20.1 Å². The molecule has 37 heavy (non-hydrogen) atoms. The number of rotatable bonds is 11. The van der Waals surface area contributed by atoms with Gasteiger partial charge in [-0.1, -0.05) is 56.3 Å². The highest BCUT2D eigenvalue weighted by atomic mass is 32.2. The predicted molar refractivity (Wildman–Crippen MR) is 149 cm³/mol. The number of anilines is 2. The van der Waals surface area contributed by atoms with E-state index in [1.807, 2.05) is 56.3 Å². The molecule has 0 saturated heterocycles. The number of unbranched alkanes of at least 4 members (excludes halogenated alkanes) is 1. The van der Waals surface area contributed by atoms with E-state index in [2.05, 4.69) is 24.5 Å². The molecule has 1 aliphatic rings. The van der Waals surface area contributed by atoms with E-state index in [-0.39, 0.29) is 5.91 Å². The lowest BCUT2D eigenvalue weighted by Crippen LogP contribution is -2.31. The maximum atomic E-state index is 13.8. The molecule has 0 bridgehead atoms. The SMILES string of the molecule is CCCCOc1ccc(C2C(C(=O)Nc3ccccc3C)=C(C)Nc3nc(SCCC)nn32)cc1OC. The minimum atomic E-state index is -0.498. The molecule has 196 valence electrons. The van der Waals surface area contributed by atoms with Gasteiger partial charge in [0.1, 0.15) is 6.04 Å². The van der Waals surface area contributed by atoms with Gasteiger partial charge in [-0.15, -0.1) is 5.10 Å². The third-order valence-corrected chi connectivity index (χ3v) is 7.21. The van der Waals surface area contributed by atoms with E-state index in [0.29, 0.717) is 34.8 Å². The van der Waals surface area contributed by atoms with Crippen molar-refractivity contribution in [1.82, 2.24) is 14.8 Å². The summed E-state index contributed by atoms with van der Waals surface area (Å²) in [5, 5.41) is 11.9. The van der Waals surface area contributed by atoms with E-state index < -0.39 is 6.04 Å². The highest BCUT2D eigenvalue weighted by Crippen LogP contribution is 2.40. The molecule has 3 aromatic rings. The van der Waals surface area contributed by atoms with Crippen molar-refractivity contribution in [3.8, 4) is 11.5 Å². The molecular formula is C28H35N5O3S. The van der Waals surface area contributed by atoms with Crippen molar-refractivity contribution in [2.24, 2.45) is 0 Å². The van der Waals surface area contributed by atoms with Crippen molar-refractivity contribution in [2.75, 3.05) is 30.1 Å². The van der Waals surface area contributed by atoms with E-state index in [9.17, 15) is 4.79 Å². The average molecular weight is 522 g/mol. The van der Waals surface area contributed by atoms with Crippen molar-refractivity contribution in [3.63, 3.8) is 0 Å². The van der Waals surface area contributed by atoms with Crippen molar-refractivity contribution in [3.05, 3.63) is 64.9 Å². The molecule has 0 aliphatic carbocycles. The lowest BCUT2D eigenvalue weighted by molar-refractivity contribution is -0.113. The molecule has 1 unspecified atom stereocenters. The number of hydrogen-bond acceptors (Lipinski definition) is 7. The Labute approximate surface area is 222 Å². The molecule has 9 heteroatoms. The van der Waals surface area contributed by atoms with Crippen molar-refractivity contribution >= 4 is 29.3 Å². The number of benzene rings is 2. The molecule has 2 aromatic carbocycles. The number of nitrogens with one attached hydrogen (secondary N) is 2. The molecule has 0 radical (unpaired) electrons. The lowest BCUT2D eigenvalue weighted by Gasteiger charge is -2.29. The van der Waals surface area contributed by atoms with E-state index in [1.165, 1.54) is 0 Å². The molecule has 1 amide bonds. The fraction of sp³-hybridized carbons (Fsp3) is 0.393. The van der Waals surface area contributed by atoms with Gasteiger partial charge < -0.3 is 20.1 Å². The molecule has 2 heterocycles. The normalized spacial score (nSPS) is 14.7. The second kappa shape index (κ2) is 12.2. The number of carbonyl (C=O) groups excluding carboxylic acids is 1. The first-order chi connectivity index (χ1) is 18.0. The second-order valence-electron chi connectivity index (χ2n) is 8.96. The lowest BCUT2D eigenvalue weighted by atomic mass is 9.94. The summed E-state index contributed by atoms with van der Waals surface area (Å²) in [6, 6.07) is 13.0. The van der Waals surface area contributed by atoms with Crippen LogP contribution in [0.4, 0.5) is 11.6 Å². The number of hydrogen-bond donors (Lipinski definition) is 2. The van der Waals surface area contributed by atoms with Gasteiger partial charge in [-0.25, -0.2) is 4.68 Å². The first-order valence-corrected chi connectivity index (χ1v) is 13.7. The van der Waals surface area contributed by atoms with Crippen LogP contribution in [0.25, 0.3) is 0 Å². The van der Waals surface area contributed by atoms with Crippen LogP contribution in [-0.4, -0.2) is 40.1 Å².